The smallest absolute Gasteiger partial charge is 0.332 e. The fourth-order valence-electron chi connectivity index (χ4n) is 3.21. The number of rotatable bonds is 10. The number of carbonyl (C=O) groups excluding carboxylic acids is 3. The lowest BCUT2D eigenvalue weighted by Gasteiger charge is -2.34. The molecule has 0 aliphatic carbocycles. The van der Waals surface area contributed by atoms with E-state index in [2.05, 4.69) is 4.84 Å². The maximum absolute atomic E-state index is 12.7. The highest BCUT2D eigenvalue weighted by atomic mass is 16.9. The Bertz CT molecular complexity index is 641. The molecule has 2 amide bonds. The van der Waals surface area contributed by atoms with Crippen LogP contribution in [-0.2, 0) is 28.8 Å². The molecule has 178 valence electrons. The van der Waals surface area contributed by atoms with Crippen molar-refractivity contribution in [1.29, 1.82) is 0 Å². The molecule has 0 N–H and O–H groups in total. The summed E-state index contributed by atoms with van der Waals surface area (Å²) in [4.78, 5) is 59.2. The summed E-state index contributed by atoms with van der Waals surface area (Å²) in [7, 11) is 0. The van der Waals surface area contributed by atoms with Crippen LogP contribution in [0.5, 0.6) is 0 Å². The molecule has 11 heteroatoms. The molecule has 1 aliphatic heterocycles. The third-order valence-electron chi connectivity index (χ3n) is 4.39. The number of piperidine rings is 1. The van der Waals surface area contributed by atoms with Crippen molar-refractivity contribution in [2.45, 2.75) is 84.5 Å². The van der Waals surface area contributed by atoms with E-state index in [1.807, 2.05) is 0 Å². The lowest BCUT2D eigenvalue weighted by Crippen LogP contribution is -2.48. The molecular weight excluding hydrogens is 410 g/mol. The van der Waals surface area contributed by atoms with Gasteiger partial charge < -0.3 is 14.5 Å². The van der Waals surface area contributed by atoms with Crippen LogP contribution in [0.25, 0.3) is 0 Å². The first-order chi connectivity index (χ1) is 14.2. The van der Waals surface area contributed by atoms with E-state index < -0.39 is 28.3 Å². The van der Waals surface area contributed by atoms with Crippen molar-refractivity contribution in [3.05, 3.63) is 10.1 Å². The minimum absolute atomic E-state index is 0.00936. The van der Waals surface area contributed by atoms with Gasteiger partial charge in [0.05, 0.1) is 5.60 Å². The van der Waals surface area contributed by atoms with Crippen LogP contribution in [0.3, 0.4) is 0 Å². The molecule has 0 bridgehead atoms. The molecule has 1 saturated heterocycles. The first-order valence-electron chi connectivity index (χ1n) is 10.4. The molecule has 0 aromatic heterocycles. The van der Waals surface area contributed by atoms with Crippen LogP contribution in [0, 0.1) is 16.0 Å². The number of ether oxygens (including phenoxy) is 1. The molecule has 11 nitrogen and oxygen atoms in total. The van der Waals surface area contributed by atoms with E-state index >= 15 is 0 Å². The van der Waals surface area contributed by atoms with Crippen LogP contribution in [0.15, 0.2) is 0 Å². The Morgan fingerprint density at radius 3 is 2.39 bits per heavy atom. The van der Waals surface area contributed by atoms with Gasteiger partial charge in [0.2, 0.25) is 12.3 Å². The zero-order valence-electron chi connectivity index (χ0n) is 19.3. The van der Waals surface area contributed by atoms with Crippen LogP contribution in [0.4, 0.5) is 0 Å². The van der Waals surface area contributed by atoms with Crippen molar-refractivity contribution in [3.8, 4) is 0 Å². The number of nitrogens with zero attached hydrogens (tertiary/aromatic N) is 3. The Balaban J connectivity index is 2.81. The van der Waals surface area contributed by atoms with Gasteiger partial charge in [0.15, 0.2) is 6.04 Å². The zero-order chi connectivity index (χ0) is 23.8. The summed E-state index contributed by atoms with van der Waals surface area (Å²) >= 11 is 0. The minimum Gasteiger partial charge on any atom is -0.458 e. The molecule has 2 atom stereocenters. The van der Waals surface area contributed by atoms with Crippen LogP contribution in [0.1, 0.15) is 67.2 Å². The van der Waals surface area contributed by atoms with Gasteiger partial charge in [-0.25, -0.2) is 9.86 Å². The van der Waals surface area contributed by atoms with Gasteiger partial charge in [0, 0.05) is 25.4 Å². The fraction of sp³-hybridized carbons (Fsp3) is 0.850. The van der Waals surface area contributed by atoms with Crippen molar-refractivity contribution >= 4 is 18.3 Å². The molecule has 1 fully saturated rings. The van der Waals surface area contributed by atoms with E-state index in [0.29, 0.717) is 25.9 Å². The van der Waals surface area contributed by atoms with Gasteiger partial charge in [-0.3, -0.25) is 14.4 Å². The second-order valence-corrected chi connectivity index (χ2v) is 9.62. The van der Waals surface area contributed by atoms with E-state index in [0.717, 1.165) is 11.5 Å². The lowest BCUT2D eigenvalue weighted by atomic mass is 9.98. The quantitative estimate of drug-likeness (QED) is 0.216. The van der Waals surface area contributed by atoms with Crippen LogP contribution < -0.4 is 0 Å². The predicted octanol–water partition coefficient (Wildman–Crippen LogP) is 2.11. The maximum atomic E-state index is 12.7. The Morgan fingerprint density at radius 1 is 1.23 bits per heavy atom. The monoisotopic (exact) mass is 445 g/mol. The summed E-state index contributed by atoms with van der Waals surface area (Å²) in [6.07, 6.45) is 1.87. The molecule has 0 aromatic carbocycles. The molecule has 1 unspecified atom stereocenters. The van der Waals surface area contributed by atoms with E-state index in [1.54, 1.807) is 46.4 Å². The fourth-order valence-corrected chi connectivity index (χ4v) is 3.21. The van der Waals surface area contributed by atoms with Crippen LogP contribution in [0.2, 0.25) is 0 Å². The summed E-state index contributed by atoms with van der Waals surface area (Å²) in [5.41, 5.74) is -1.50. The van der Waals surface area contributed by atoms with E-state index in [1.165, 1.54) is 0 Å². The van der Waals surface area contributed by atoms with Crippen molar-refractivity contribution < 1.29 is 33.9 Å². The normalized spacial score (nSPS) is 18.1. The molecule has 31 heavy (non-hydrogen) atoms. The van der Waals surface area contributed by atoms with Crippen molar-refractivity contribution in [2.24, 2.45) is 5.92 Å². The highest BCUT2D eigenvalue weighted by molar-refractivity contribution is 5.81. The second kappa shape index (κ2) is 11.3. The highest BCUT2D eigenvalue weighted by Gasteiger charge is 2.34. The van der Waals surface area contributed by atoms with E-state index in [-0.39, 0.29) is 31.3 Å². The van der Waals surface area contributed by atoms with Gasteiger partial charge in [0.1, 0.15) is 12.2 Å². The zero-order valence-corrected chi connectivity index (χ0v) is 19.3. The average Bonchev–Trinajstić information content (AvgIpc) is 2.63. The predicted molar refractivity (Wildman–Crippen MR) is 110 cm³/mol. The van der Waals surface area contributed by atoms with Crippen LogP contribution in [-0.4, -0.2) is 70.3 Å². The van der Waals surface area contributed by atoms with Crippen LogP contribution >= 0.6 is 0 Å². The number of hydroxylamine groups is 2. The SMILES string of the molecule is CC(C)(C)OC(=O)[C@H](CCC(=O)N1CCCC(CO[N+](=O)[O-])C1)N(C=O)OC(C)(C)C. The first kappa shape index (κ1) is 26.6. The van der Waals surface area contributed by atoms with Gasteiger partial charge in [-0.15, -0.1) is 10.1 Å². The molecule has 0 spiro atoms. The van der Waals surface area contributed by atoms with Gasteiger partial charge in [0.25, 0.3) is 5.09 Å². The number of likely N-dealkylation sites (tertiary alicyclic amines) is 1. The summed E-state index contributed by atoms with van der Waals surface area (Å²) in [6.45, 7) is 11.2. The summed E-state index contributed by atoms with van der Waals surface area (Å²) in [5, 5.41) is 10.5. The topological polar surface area (TPSA) is 129 Å². The molecule has 0 radical (unpaired) electrons. The molecule has 0 saturated carbocycles. The Kier molecular flexibility index (Phi) is 9.67. The molecular formula is C20H35N3O8. The number of hydrogen-bond acceptors (Lipinski definition) is 8. The maximum Gasteiger partial charge on any atom is 0.332 e. The Hall–Kier alpha value is -2.43. The first-order valence-corrected chi connectivity index (χ1v) is 10.4. The molecule has 0 aromatic rings. The van der Waals surface area contributed by atoms with Crippen molar-refractivity contribution in [2.75, 3.05) is 19.7 Å². The highest BCUT2D eigenvalue weighted by Crippen LogP contribution is 2.21. The second-order valence-electron chi connectivity index (χ2n) is 9.62. The number of carbonyl (C=O) groups is 3. The Labute approximate surface area is 183 Å². The summed E-state index contributed by atoms with van der Waals surface area (Å²) < 4.78 is 5.42. The average molecular weight is 446 g/mol. The van der Waals surface area contributed by atoms with Gasteiger partial charge in [-0.05, 0) is 60.8 Å². The number of amides is 2. The Morgan fingerprint density at radius 2 is 1.87 bits per heavy atom. The lowest BCUT2D eigenvalue weighted by molar-refractivity contribution is -0.759. The van der Waals surface area contributed by atoms with Crippen molar-refractivity contribution in [1.82, 2.24) is 9.96 Å². The molecule has 1 rings (SSSR count). The minimum atomic E-state index is -1.08. The molecule has 1 heterocycles. The third-order valence-corrected chi connectivity index (χ3v) is 4.39. The summed E-state index contributed by atoms with van der Waals surface area (Å²) in [5.74, 6) is -0.992. The largest absolute Gasteiger partial charge is 0.458 e. The van der Waals surface area contributed by atoms with E-state index in [9.17, 15) is 24.5 Å². The van der Waals surface area contributed by atoms with Gasteiger partial charge in [-0.2, -0.15) is 0 Å². The number of esters is 1. The standard InChI is InChI=1S/C20H35N3O8/c1-19(2,3)30-18(26)16(22(14-24)31-20(4,5)6)9-10-17(25)21-11-7-8-15(12-21)13-29-23(27)28/h14-16H,7-13H2,1-6H3/t15?,16-/m0/s1. The molecule has 1 aliphatic rings. The summed E-state index contributed by atoms with van der Waals surface area (Å²) in [6, 6.07) is -1.08. The van der Waals surface area contributed by atoms with Crippen molar-refractivity contribution in [3.63, 3.8) is 0 Å². The van der Waals surface area contributed by atoms with E-state index in [4.69, 9.17) is 9.57 Å². The van der Waals surface area contributed by atoms with Gasteiger partial charge in [-0.1, -0.05) is 0 Å². The number of hydrogen-bond donors (Lipinski definition) is 0. The third kappa shape index (κ3) is 10.4. The van der Waals surface area contributed by atoms with Gasteiger partial charge >= 0.3 is 5.97 Å².